The van der Waals surface area contributed by atoms with Crippen molar-refractivity contribution in [2.24, 2.45) is 27.2 Å². The van der Waals surface area contributed by atoms with Crippen LogP contribution in [0.4, 0.5) is 5.69 Å². The summed E-state index contributed by atoms with van der Waals surface area (Å²) in [5.41, 5.74) is 16.4. The molecule has 1 rings (SSSR count). The van der Waals surface area contributed by atoms with Crippen molar-refractivity contribution >= 4 is 28.9 Å². The van der Waals surface area contributed by atoms with Gasteiger partial charge in [-0.15, -0.1) is 11.3 Å². The first-order valence-electron chi connectivity index (χ1n) is 3.57. The second-order valence-electron chi connectivity index (χ2n) is 2.42. The number of guanidine groups is 2. The summed E-state index contributed by atoms with van der Waals surface area (Å²) in [5.74, 6) is -0.0222. The highest BCUT2D eigenvalue weighted by atomic mass is 32.1. The highest BCUT2D eigenvalue weighted by Gasteiger charge is 1.94. The number of thiophene rings is 1. The largest absolute Gasteiger partial charge is 0.370 e. The minimum absolute atomic E-state index is 0.0674. The van der Waals surface area contributed by atoms with Gasteiger partial charge in [0.15, 0.2) is 5.96 Å². The quantitative estimate of drug-likeness (QED) is 0.445. The summed E-state index contributed by atoms with van der Waals surface area (Å²) in [6.07, 6.45) is 0. The summed E-state index contributed by atoms with van der Waals surface area (Å²) in [6, 6.07) is 1.90. The lowest BCUT2D eigenvalue weighted by Crippen LogP contribution is -2.26. The highest BCUT2D eigenvalue weighted by Crippen LogP contribution is 2.20. The van der Waals surface area contributed by atoms with Crippen molar-refractivity contribution in [3.8, 4) is 0 Å². The zero-order valence-corrected chi connectivity index (χ0v) is 8.01. The summed E-state index contributed by atoms with van der Waals surface area (Å²) in [7, 11) is 0. The SMILES string of the molecule is Cc1cc(N=C(N)N=C(N)N)cs1. The first kappa shape index (κ1) is 9.53. The Bertz CT molecular complexity index is 348. The van der Waals surface area contributed by atoms with Crippen LogP contribution in [0, 0.1) is 6.92 Å². The molecular formula is C7H11N5S. The molecule has 1 aromatic heterocycles. The fourth-order valence-electron chi connectivity index (χ4n) is 0.778. The van der Waals surface area contributed by atoms with E-state index in [1.165, 1.54) is 0 Å². The molecule has 0 aromatic carbocycles. The molecule has 0 fully saturated rings. The third-order valence-electron chi connectivity index (χ3n) is 1.20. The number of rotatable bonds is 1. The number of hydrogen-bond acceptors (Lipinski definition) is 2. The van der Waals surface area contributed by atoms with Gasteiger partial charge in [-0.3, -0.25) is 0 Å². The van der Waals surface area contributed by atoms with E-state index in [1.807, 2.05) is 18.4 Å². The second-order valence-corrected chi connectivity index (χ2v) is 3.54. The molecule has 6 heteroatoms. The number of aryl methyl sites for hydroxylation is 1. The smallest absolute Gasteiger partial charge is 0.223 e. The van der Waals surface area contributed by atoms with Gasteiger partial charge in [-0.1, -0.05) is 0 Å². The van der Waals surface area contributed by atoms with Crippen LogP contribution in [0.1, 0.15) is 4.88 Å². The molecule has 0 aliphatic rings. The van der Waals surface area contributed by atoms with Gasteiger partial charge in [0.05, 0.1) is 5.69 Å². The Morgan fingerprint density at radius 2 is 2.08 bits per heavy atom. The van der Waals surface area contributed by atoms with Gasteiger partial charge in [0.25, 0.3) is 0 Å². The van der Waals surface area contributed by atoms with E-state index in [9.17, 15) is 0 Å². The average Bonchev–Trinajstić information content (AvgIpc) is 2.33. The first-order chi connectivity index (χ1) is 6.08. The lowest BCUT2D eigenvalue weighted by atomic mass is 10.5. The maximum atomic E-state index is 5.42. The van der Waals surface area contributed by atoms with Crippen LogP contribution in [0.2, 0.25) is 0 Å². The molecule has 6 N–H and O–H groups in total. The molecule has 0 radical (unpaired) electrons. The second kappa shape index (κ2) is 3.90. The molecule has 0 amide bonds. The third kappa shape index (κ3) is 3.12. The lowest BCUT2D eigenvalue weighted by Gasteiger charge is -1.91. The molecule has 0 unspecified atom stereocenters. The van der Waals surface area contributed by atoms with E-state index in [2.05, 4.69) is 9.98 Å². The van der Waals surface area contributed by atoms with E-state index < -0.39 is 0 Å². The number of aliphatic imine (C=N–C) groups is 2. The lowest BCUT2D eigenvalue weighted by molar-refractivity contribution is 1.39. The molecule has 1 heterocycles. The van der Waals surface area contributed by atoms with E-state index in [0.717, 1.165) is 10.6 Å². The van der Waals surface area contributed by atoms with Gasteiger partial charge < -0.3 is 17.2 Å². The zero-order chi connectivity index (χ0) is 9.84. The topological polar surface area (TPSA) is 103 Å². The van der Waals surface area contributed by atoms with Crippen molar-refractivity contribution in [1.29, 1.82) is 0 Å². The van der Waals surface area contributed by atoms with Crippen LogP contribution in [0.25, 0.3) is 0 Å². The van der Waals surface area contributed by atoms with E-state index >= 15 is 0 Å². The molecule has 70 valence electrons. The average molecular weight is 197 g/mol. The van der Waals surface area contributed by atoms with Crippen LogP contribution in [0.3, 0.4) is 0 Å². The van der Waals surface area contributed by atoms with Gasteiger partial charge in [-0.05, 0) is 13.0 Å². The predicted molar refractivity (Wildman–Crippen MR) is 56.1 cm³/mol. The Balaban J connectivity index is 2.82. The van der Waals surface area contributed by atoms with Crippen molar-refractivity contribution in [1.82, 2.24) is 0 Å². The molecule has 0 saturated heterocycles. The number of nitrogens with zero attached hydrogens (tertiary/aromatic N) is 2. The van der Waals surface area contributed by atoms with Gasteiger partial charge in [0.1, 0.15) is 0 Å². The first-order valence-corrected chi connectivity index (χ1v) is 4.45. The molecular weight excluding hydrogens is 186 g/mol. The molecule has 0 bridgehead atoms. The minimum Gasteiger partial charge on any atom is -0.370 e. The minimum atomic E-state index is -0.0896. The summed E-state index contributed by atoms with van der Waals surface area (Å²) in [6.45, 7) is 1.99. The fourth-order valence-corrected chi connectivity index (χ4v) is 1.39. The molecule has 0 saturated carbocycles. The Hall–Kier alpha value is -1.56. The van der Waals surface area contributed by atoms with Crippen LogP contribution >= 0.6 is 11.3 Å². The Kier molecular flexibility index (Phi) is 2.86. The normalized spacial score (nSPS) is 11.3. The van der Waals surface area contributed by atoms with Crippen LogP contribution in [-0.4, -0.2) is 11.9 Å². The van der Waals surface area contributed by atoms with Crippen LogP contribution in [-0.2, 0) is 0 Å². The summed E-state index contributed by atoms with van der Waals surface area (Å²) >= 11 is 1.59. The maximum absolute atomic E-state index is 5.42. The van der Waals surface area contributed by atoms with E-state index in [0.29, 0.717) is 0 Å². The van der Waals surface area contributed by atoms with E-state index in [4.69, 9.17) is 17.2 Å². The Labute approximate surface area is 80.0 Å². The standard InChI is InChI=1S/C7H11N5S/c1-4-2-5(3-13-4)11-7(10)12-6(8)9/h2-3H,1H3,(H6,8,9,10,11,12). The number of nitrogens with two attached hydrogens (primary N) is 3. The zero-order valence-electron chi connectivity index (χ0n) is 7.19. The number of hydrogen-bond donors (Lipinski definition) is 3. The molecule has 5 nitrogen and oxygen atoms in total. The van der Waals surface area contributed by atoms with Gasteiger partial charge >= 0.3 is 0 Å². The summed E-state index contributed by atoms with van der Waals surface area (Å²) in [4.78, 5) is 8.73. The summed E-state index contributed by atoms with van der Waals surface area (Å²) < 4.78 is 0. The predicted octanol–water partition coefficient (Wildman–Crippen LogP) is 0.276. The van der Waals surface area contributed by atoms with Gasteiger partial charge in [0.2, 0.25) is 5.96 Å². The van der Waals surface area contributed by atoms with Gasteiger partial charge in [-0.25, -0.2) is 4.99 Å². The van der Waals surface area contributed by atoms with Crippen molar-refractivity contribution in [2.75, 3.05) is 0 Å². The van der Waals surface area contributed by atoms with Crippen molar-refractivity contribution in [2.45, 2.75) is 6.92 Å². The fraction of sp³-hybridized carbons (Fsp3) is 0.143. The van der Waals surface area contributed by atoms with Crippen molar-refractivity contribution < 1.29 is 0 Å². The van der Waals surface area contributed by atoms with Crippen LogP contribution < -0.4 is 17.2 Å². The van der Waals surface area contributed by atoms with Crippen molar-refractivity contribution in [3.05, 3.63) is 16.3 Å². The molecule has 0 atom stereocenters. The molecule has 0 aliphatic heterocycles. The Morgan fingerprint density at radius 1 is 1.38 bits per heavy atom. The molecule has 0 aliphatic carbocycles. The van der Waals surface area contributed by atoms with Gasteiger partial charge in [-0.2, -0.15) is 4.99 Å². The summed E-state index contributed by atoms with van der Waals surface area (Å²) in [5, 5.41) is 1.88. The van der Waals surface area contributed by atoms with Gasteiger partial charge in [0, 0.05) is 10.3 Å². The molecule has 0 spiro atoms. The third-order valence-corrected chi connectivity index (χ3v) is 2.05. The monoisotopic (exact) mass is 197 g/mol. The molecule has 1 aromatic rings. The van der Waals surface area contributed by atoms with Crippen molar-refractivity contribution in [3.63, 3.8) is 0 Å². The van der Waals surface area contributed by atoms with E-state index in [1.54, 1.807) is 11.3 Å². The van der Waals surface area contributed by atoms with E-state index in [-0.39, 0.29) is 11.9 Å². The molecule has 13 heavy (non-hydrogen) atoms. The maximum Gasteiger partial charge on any atom is 0.223 e. The highest BCUT2D eigenvalue weighted by molar-refractivity contribution is 7.10. The Morgan fingerprint density at radius 3 is 2.54 bits per heavy atom. The van der Waals surface area contributed by atoms with Crippen LogP contribution in [0.15, 0.2) is 21.4 Å². The van der Waals surface area contributed by atoms with Crippen LogP contribution in [0.5, 0.6) is 0 Å².